The zero-order valence-electron chi connectivity index (χ0n) is 11.4. The van der Waals surface area contributed by atoms with Crippen LogP contribution in [0.5, 0.6) is 0 Å². The van der Waals surface area contributed by atoms with Gasteiger partial charge in [0.1, 0.15) is 0 Å². The second-order valence-electron chi connectivity index (χ2n) is 4.69. The first-order chi connectivity index (χ1) is 9.91. The summed E-state index contributed by atoms with van der Waals surface area (Å²) in [6.07, 6.45) is -1.18. The van der Waals surface area contributed by atoms with Crippen molar-refractivity contribution in [3.63, 3.8) is 0 Å². The van der Waals surface area contributed by atoms with Crippen molar-refractivity contribution in [2.24, 2.45) is 0 Å². The Morgan fingerprint density at radius 1 is 1.10 bits per heavy atom. The fraction of sp³-hybridized carbons (Fsp3) is 0.267. The third-order valence-corrected chi connectivity index (χ3v) is 3.41. The molecule has 0 N–H and O–H groups in total. The molecule has 0 unspecified atom stereocenters. The molecule has 0 atom stereocenters. The summed E-state index contributed by atoms with van der Waals surface area (Å²) in [5.41, 5.74) is 0.803. The molecule has 1 heterocycles. The monoisotopic (exact) mass is 314 g/mol. The molecule has 1 aromatic heterocycles. The molecule has 0 radical (unpaired) electrons. The summed E-state index contributed by atoms with van der Waals surface area (Å²) in [4.78, 5) is 5.46. The minimum Gasteiger partial charge on any atom is -0.370 e. The van der Waals surface area contributed by atoms with Crippen molar-refractivity contribution in [3.8, 4) is 0 Å². The summed E-state index contributed by atoms with van der Waals surface area (Å²) >= 11 is 5.62. The average Bonchev–Trinajstić information content (AvgIpc) is 2.46. The van der Waals surface area contributed by atoms with Crippen molar-refractivity contribution >= 4 is 17.3 Å². The third kappa shape index (κ3) is 3.88. The molecule has 0 saturated heterocycles. The minimum absolute atomic E-state index is 0.0530. The van der Waals surface area contributed by atoms with Crippen LogP contribution in [-0.2, 0) is 18.6 Å². The van der Waals surface area contributed by atoms with Gasteiger partial charge in [-0.15, -0.1) is 11.6 Å². The molecule has 0 spiro atoms. The Hall–Kier alpha value is -1.75. The highest BCUT2D eigenvalue weighted by Gasteiger charge is 2.34. The minimum atomic E-state index is -4.41. The van der Waals surface area contributed by atoms with E-state index >= 15 is 0 Å². The highest BCUT2D eigenvalue weighted by Crippen LogP contribution is 2.37. The van der Waals surface area contributed by atoms with Gasteiger partial charge in [0, 0.05) is 37.6 Å². The standard InChI is InChI=1S/C15H14ClF3N2/c1-21(10-11-4-6-20-7-5-11)14-3-2-12(9-16)8-13(14)15(17,18)19/h2-8H,9-10H2,1H3. The number of nitrogens with zero attached hydrogens (tertiary/aromatic N) is 2. The quantitative estimate of drug-likeness (QED) is 0.774. The topological polar surface area (TPSA) is 16.1 Å². The number of hydrogen-bond donors (Lipinski definition) is 0. The van der Waals surface area contributed by atoms with Gasteiger partial charge in [-0.3, -0.25) is 4.98 Å². The molecule has 0 fully saturated rings. The molecule has 0 saturated carbocycles. The lowest BCUT2D eigenvalue weighted by Gasteiger charge is -2.24. The number of benzene rings is 1. The summed E-state index contributed by atoms with van der Waals surface area (Å²) in [6.45, 7) is 0.367. The predicted octanol–water partition coefficient (Wildman–Crippen LogP) is 4.48. The van der Waals surface area contributed by atoms with Gasteiger partial charge in [0.25, 0.3) is 0 Å². The highest BCUT2D eigenvalue weighted by atomic mass is 35.5. The largest absolute Gasteiger partial charge is 0.418 e. The Morgan fingerprint density at radius 3 is 2.33 bits per heavy atom. The Morgan fingerprint density at radius 2 is 1.76 bits per heavy atom. The van der Waals surface area contributed by atoms with Gasteiger partial charge in [-0.2, -0.15) is 13.2 Å². The molecule has 21 heavy (non-hydrogen) atoms. The second-order valence-corrected chi connectivity index (χ2v) is 4.96. The van der Waals surface area contributed by atoms with E-state index < -0.39 is 11.7 Å². The maximum Gasteiger partial charge on any atom is 0.418 e. The fourth-order valence-electron chi connectivity index (χ4n) is 2.07. The van der Waals surface area contributed by atoms with Crippen molar-refractivity contribution < 1.29 is 13.2 Å². The molecular formula is C15H14ClF3N2. The lowest BCUT2D eigenvalue weighted by molar-refractivity contribution is -0.137. The third-order valence-electron chi connectivity index (χ3n) is 3.10. The normalized spacial score (nSPS) is 11.5. The van der Waals surface area contributed by atoms with Crippen LogP contribution in [0.15, 0.2) is 42.7 Å². The van der Waals surface area contributed by atoms with E-state index in [1.165, 1.54) is 6.07 Å². The molecule has 2 nitrogen and oxygen atoms in total. The Kier molecular flexibility index (Phi) is 4.73. The van der Waals surface area contributed by atoms with Gasteiger partial charge in [0.2, 0.25) is 0 Å². The first kappa shape index (κ1) is 15.6. The van der Waals surface area contributed by atoms with Gasteiger partial charge in [-0.05, 0) is 35.4 Å². The molecule has 0 amide bonds. The number of aromatic nitrogens is 1. The van der Waals surface area contributed by atoms with E-state index in [-0.39, 0.29) is 11.6 Å². The van der Waals surface area contributed by atoms with Crippen molar-refractivity contribution in [1.82, 2.24) is 4.98 Å². The van der Waals surface area contributed by atoms with E-state index in [0.717, 1.165) is 11.6 Å². The van der Waals surface area contributed by atoms with E-state index in [2.05, 4.69) is 4.98 Å². The van der Waals surface area contributed by atoms with E-state index in [4.69, 9.17) is 11.6 Å². The molecule has 112 valence electrons. The van der Waals surface area contributed by atoms with Crippen molar-refractivity contribution in [2.75, 3.05) is 11.9 Å². The van der Waals surface area contributed by atoms with Crippen LogP contribution in [0.25, 0.3) is 0 Å². The van der Waals surface area contributed by atoms with Gasteiger partial charge < -0.3 is 4.90 Å². The summed E-state index contributed by atoms with van der Waals surface area (Å²) in [5, 5.41) is 0. The van der Waals surface area contributed by atoms with Gasteiger partial charge in [0.15, 0.2) is 0 Å². The SMILES string of the molecule is CN(Cc1ccncc1)c1ccc(CCl)cc1C(F)(F)F. The number of hydrogen-bond acceptors (Lipinski definition) is 2. The van der Waals surface area contributed by atoms with Gasteiger partial charge in [0.05, 0.1) is 5.56 Å². The summed E-state index contributed by atoms with van der Waals surface area (Å²) < 4.78 is 39.6. The number of rotatable bonds is 4. The van der Waals surface area contributed by atoms with E-state index in [1.54, 1.807) is 42.5 Å². The van der Waals surface area contributed by atoms with Crippen LogP contribution >= 0.6 is 11.6 Å². The lowest BCUT2D eigenvalue weighted by atomic mass is 10.1. The number of alkyl halides is 4. The molecular weight excluding hydrogens is 301 g/mol. The Labute approximate surface area is 126 Å². The predicted molar refractivity (Wildman–Crippen MR) is 77.3 cm³/mol. The van der Waals surface area contributed by atoms with Gasteiger partial charge in [-0.1, -0.05) is 6.07 Å². The molecule has 0 aliphatic rings. The van der Waals surface area contributed by atoms with Crippen LogP contribution in [0.3, 0.4) is 0 Å². The average molecular weight is 315 g/mol. The first-order valence-corrected chi connectivity index (χ1v) is 6.81. The van der Waals surface area contributed by atoms with Gasteiger partial charge in [-0.25, -0.2) is 0 Å². The van der Waals surface area contributed by atoms with Crippen molar-refractivity contribution in [1.29, 1.82) is 0 Å². The molecule has 0 aliphatic carbocycles. The lowest BCUT2D eigenvalue weighted by Crippen LogP contribution is -2.21. The maximum atomic E-state index is 13.2. The van der Waals surface area contributed by atoms with Crippen LogP contribution in [0.4, 0.5) is 18.9 Å². The number of halogens is 4. The van der Waals surface area contributed by atoms with Crippen LogP contribution in [-0.4, -0.2) is 12.0 Å². The van der Waals surface area contributed by atoms with Crippen molar-refractivity contribution in [3.05, 3.63) is 59.4 Å². The second kappa shape index (κ2) is 6.35. The van der Waals surface area contributed by atoms with E-state index in [9.17, 15) is 13.2 Å². The van der Waals surface area contributed by atoms with Crippen molar-refractivity contribution in [2.45, 2.75) is 18.6 Å². The molecule has 1 aromatic carbocycles. The summed E-state index contributed by atoms with van der Waals surface area (Å²) in [5.74, 6) is 0.0530. The van der Waals surface area contributed by atoms with Gasteiger partial charge >= 0.3 is 6.18 Å². The van der Waals surface area contributed by atoms with E-state index in [1.807, 2.05) is 0 Å². The highest BCUT2D eigenvalue weighted by molar-refractivity contribution is 6.17. The Bertz CT molecular complexity index is 600. The summed E-state index contributed by atoms with van der Waals surface area (Å²) in [7, 11) is 1.63. The number of anilines is 1. The van der Waals surface area contributed by atoms with Crippen LogP contribution in [0.2, 0.25) is 0 Å². The molecule has 2 rings (SSSR count). The molecule has 0 bridgehead atoms. The number of pyridine rings is 1. The molecule has 0 aliphatic heterocycles. The fourth-order valence-corrected chi connectivity index (χ4v) is 2.24. The van der Waals surface area contributed by atoms with Crippen LogP contribution < -0.4 is 4.90 Å². The smallest absolute Gasteiger partial charge is 0.370 e. The summed E-state index contributed by atoms with van der Waals surface area (Å²) in [6, 6.07) is 7.72. The Balaban J connectivity index is 2.34. The van der Waals surface area contributed by atoms with Crippen LogP contribution in [0, 0.1) is 0 Å². The zero-order valence-corrected chi connectivity index (χ0v) is 12.1. The molecule has 6 heteroatoms. The van der Waals surface area contributed by atoms with E-state index in [0.29, 0.717) is 12.1 Å². The molecule has 2 aromatic rings. The first-order valence-electron chi connectivity index (χ1n) is 6.28. The maximum absolute atomic E-state index is 13.2. The van der Waals surface area contributed by atoms with Crippen LogP contribution in [0.1, 0.15) is 16.7 Å². The zero-order chi connectivity index (χ0) is 15.5.